The largest absolute Gasteiger partial charge is 0.340 e. The summed E-state index contributed by atoms with van der Waals surface area (Å²) >= 11 is 0. The maximum Gasteiger partial charge on any atom is 0.223 e. The molecular weight excluding hydrogens is 282 g/mol. The molecule has 3 heterocycles. The molecule has 0 radical (unpaired) electrons. The maximum absolute atomic E-state index is 5.05. The van der Waals surface area contributed by atoms with Crippen molar-refractivity contribution in [1.82, 2.24) is 34.7 Å². The van der Waals surface area contributed by atoms with Gasteiger partial charge >= 0.3 is 0 Å². The second kappa shape index (κ2) is 6.97. The third kappa shape index (κ3) is 3.89. The van der Waals surface area contributed by atoms with Crippen LogP contribution in [0.5, 0.6) is 0 Å². The molecule has 1 aliphatic rings. The number of rotatable bonds is 6. The first-order valence-corrected chi connectivity index (χ1v) is 7.75. The van der Waals surface area contributed by atoms with Gasteiger partial charge in [0.1, 0.15) is 12.7 Å². The van der Waals surface area contributed by atoms with Crippen LogP contribution in [-0.4, -0.2) is 67.4 Å². The molecule has 3 rings (SSSR count). The fraction of sp³-hybridized carbons (Fsp3) is 0.714. The van der Waals surface area contributed by atoms with E-state index in [1.165, 1.54) is 12.8 Å². The van der Waals surface area contributed by atoms with E-state index in [9.17, 15) is 0 Å². The van der Waals surface area contributed by atoms with Gasteiger partial charge in [-0.1, -0.05) is 5.16 Å². The molecule has 120 valence electrons. The lowest BCUT2D eigenvalue weighted by molar-refractivity contribution is 0.106. The highest BCUT2D eigenvalue weighted by atomic mass is 16.5. The van der Waals surface area contributed by atoms with E-state index in [4.69, 9.17) is 4.52 Å². The van der Waals surface area contributed by atoms with Gasteiger partial charge in [-0.3, -0.25) is 9.58 Å². The molecular formula is C14H23N7O. The minimum absolute atomic E-state index is 0.560. The number of nitrogens with zero attached hydrogens (tertiary/aromatic N) is 7. The standard InChI is InChI=1S/C14H23N7O/c1-12-17-14(18-22-12)9-20-5-3-4-13(8-20)19(2)6-7-21-11-15-10-16-21/h10-11,13H,3-9H2,1-2H3/t13-/m1/s1. The number of likely N-dealkylation sites (tertiary alicyclic amines) is 1. The van der Waals surface area contributed by atoms with Crippen LogP contribution in [0.2, 0.25) is 0 Å². The lowest BCUT2D eigenvalue weighted by atomic mass is 10.0. The van der Waals surface area contributed by atoms with Gasteiger partial charge in [0.2, 0.25) is 5.89 Å². The van der Waals surface area contributed by atoms with Crippen molar-refractivity contribution in [2.45, 2.75) is 38.9 Å². The summed E-state index contributed by atoms with van der Waals surface area (Å²) in [6.07, 6.45) is 5.78. The summed E-state index contributed by atoms with van der Waals surface area (Å²) in [6.45, 7) is 6.58. The summed E-state index contributed by atoms with van der Waals surface area (Å²) < 4.78 is 6.92. The molecule has 2 aromatic heterocycles. The first-order valence-electron chi connectivity index (χ1n) is 7.75. The molecule has 1 fully saturated rings. The smallest absolute Gasteiger partial charge is 0.223 e. The van der Waals surface area contributed by atoms with Crippen molar-refractivity contribution in [2.24, 2.45) is 0 Å². The molecule has 1 saturated heterocycles. The Labute approximate surface area is 130 Å². The summed E-state index contributed by atoms with van der Waals surface area (Å²) in [5, 5.41) is 8.14. The van der Waals surface area contributed by atoms with Crippen LogP contribution in [0.3, 0.4) is 0 Å². The first kappa shape index (κ1) is 15.1. The van der Waals surface area contributed by atoms with Crippen LogP contribution in [-0.2, 0) is 13.1 Å². The molecule has 0 spiro atoms. The first-order chi connectivity index (χ1) is 10.7. The van der Waals surface area contributed by atoms with E-state index in [1.54, 1.807) is 12.7 Å². The zero-order valence-electron chi connectivity index (χ0n) is 13.2. The predicted octanol–water partition coefficient (Wildman–Crippen LogP) is 0.566. The van der Waals surface area contributed by atoms with Crippen molar-refractivity contribution in [1.29, 1.82) is 0 Å². The number of aryl methyl sites for hydroxylation is 1. The van der Waals surface area contributed by atoms with Gasteiger partial charge in [-0.15, -0.1) is 0 Å². The Morgan fingerprint density at radius 3 is 3.09 bits per heavy atom. The number of hydrogen-bond acceptors (Lipinski definition) is 7. The zero-order valence-corrected chi connectivity index (χ0v) is 13.2. The number of hydrogen-bond donors (Lipinski definition) is 0. The Hall–Kier alpha value is -1.80. The fourth-order valence-corrected chi connectivity index (χ4v) is 2.93. The highest BCUT2D eigenvalue weighted by Gasteiger charge is 2.24. The van der Waals surface area contributed by atoms with Crippen molar-refractivity contribution in [3.05, 3.63) is 24.4 Å². The maximum atomic E-state index is 5.05. The summed E-state index contributed by atoms with van der Waals surface area (Å²) in [5.41, 5.74) is 0. The molecule has 0 aromatic carbocycles. The number of aromatic nitrogens is 5. The Balaban J connectivity index is 1.49. The normalized spacial score (nSPS) is 19.9. The minimum Gasteiger partial charge on any atom is -0.340 e. The zero-order chi connectivity index (χ0) is 15.4. The Morgan fingerprint density at radius 1 is 1.45 bits per heavy atom. The Morgan fingerprint density at radius 2 is 2.36 bits per heavy atom. The molecule has 0 unspecified atom stereocenters. The molecule has 0 bridgehead atoms. The molecule has 0 N–H and O–H groups in total. The quantitative estimate of drug-likeness (QED) is 0.772. The van der Waals surface area contributed by atoms with Gasteiger partial charge in [-0.05, 0) is 26.4 Å². The third-order valence-electron chi connectivity index (χ3n) is 4.19. The summed E-state index contributed by atoms with van der Waals surface area (Å²) in [4.78, 5) is 13.1. The van der Waals surface area contributed by atoms with Crippen LogP contribution >= 0.6 is 0 Å². The van der Waals surface area contributed by atoms with E-state index >= 15 is 0 Å². The average molecular weight is 305 g/mol. The van der Waals surface area contributed by atoms with Crippen LogP contribution in [0.15, 0.2) is 17.2 Å². The molecule has 0 amide bonds. The van der Waals surface area contributed by atoms with Crippen molar-refractivity contribution in [2.75, 3.05) is 26.7 Å². The van der Waals surface area contributed by atoms with Crippen molar-refractivity contribution >= 4 is 0 Å². The van der Waals surface area contributed by atoms with Crippen LogP contribution in [0.4, 0.5) is 0 Å². The van der Waals surface area contributed by atoms with Gasteiger partial charge in [0.25, 0.3) is 0 Å². The van der Waals surface area contributed by atoms with E-state index in [-0.39, 0.29) is 0 Å². The molecule has 22 heavy (non-hydrogen) atoms. The van der Waals surface area contributed by atoms with Crippen LogP contribution < -0.4 is 0 Å². The molecule has 8 nitrogen and oxygen atoms in total. The van der Waals surface area contributed by atoms with Gasteiger partial charge in [0, 0.05) is 26.1 Å². The SMILES string of the molecule is Cc1nc(CN2CCC[C@@H](N(C)CCn3cncn3)C2)no1. The topological polar surface area (TPSA) is 76.1 Å². The number of piperidine rings is 1. The monoisotopic (exact) mass is 305 g/mol. The van der Waals surface area contributed by atoms with Crippen LogP contribution in [0.1, 0.15) is 24.6 Å². The molecule has 2 aromatic rings. The van der Waals surface area contributed by atoms with E-state index in [0.717, 1.165) is 38.5 Å². The Bertz CT molecular complexity index is 568. The summed E-state index contributed by atoms with van der Waals surface area (Å²) in [6, 6.07) is 0.560. The lowest BCUT2D eigenvalue weighted by Crippen LogP contribution is -2.47. The summed E-state index contributed by atoms with van der Waals surface area (Å²) in [5.74, 6) is 1.41. The van der Waals surface area contributed by atoms with Crippen LogP contribution in [0, 0.1) is 6.92 Å². The van der Waals surface area contributed by atoms with E-state index < -0.39 is 0 Å². The molecule has 0 aliphatic carbocycles. The van der Waals surface area contributed by atoms with Gasteiger partial charge in [-0.2, -0.15) is 10.1 Å². The molecule has 1 atom stereocenters. The van der Waals surface area contributed by atoms with Gasteiger partial charge < -0.3 is 9.42 Å². The fourth-order valence-electron chi connectivity index (χ4n) is 2.93. The minimum atomic E-state index is 0.560. The van der Waals surface area contributed by atoms with Crippen molar-refractivity contribution in [3.8, 4) is 0 Å². The highest BCUT2D eigenvalue weighted by Crippen LogP contribution is 2.16. The second-order valence-electron chi connectivity index (χ2n) is 5.90. The van der Waals surface area contributed by atoms with Crippen molar-refractivity contribution < 1.29 is 4.52 Å². The predicted molar refractivity (Wildman–Crippen MR) is 80.0 cm³/mol. The second-order valence-corrected chi connectivity index (χ2v) is 5.90. The van der Waals surface area contributed by atoms with Gasteiger partial charge in [0.15, 0.2) is 5.82 Å². The molecule has 1 aliphatic heterocycles. The van der Waals surface area contributed by atoms with E-state index in [0.29, 0.717) is 11.9 Å². The molecule has 0 saturated carbocycles. The third-order valence-corrected chi connectivity index (χ3v) is 4.19. The number of likely N-dealkylation sites (N-methyl/N-ethyl adjacent to an activating group) is 1. The Kier molecular flexibility index (Phi) is 4.79. The molecule has 8 heteroatoms. The van der Waals surface area contributed by atoms with Gasteiger partial charge in [-0.25, -0.2) is 4.98 Å². The van der Waals surface area contributed by atoms with Crippen molar-refractivity contribution in [3.63, 3.8) is 0 Å². The van der Waals surface area contributed by atoms with E-state index in [2.05, 4.69) is 37.1 Å². The van der Waals surface area contributed by atoms with Crippen LogP contribution in [0.25, 0.3) is 0 Å². The highest BCUT2D eigenvalue weighted by molar-refractivity contribution is 4.87. The van der Waals surface area contributed by atoms with Gasteiger partial charge in [0.05, 0.1) is 13.1 Å². The lowest BCUT2D eigenvalue weighted by Gasteiger charge is -2.37. The van der Waals surface area contributed by atoms with E-state index in [1.807, 2.05) is 11.6 Å². The summed E-state index contributed by atoms with van der Waals surface area (Å²) in [7, 11) is 2.18. The average Bonchev–Trinajstić information content (AvgIpc) is 3.17.